The van der Waals surface area contributed by atoms with Gasteiger partial charge in [0.25, 0.3) is 0 Å². The van der Waals surface area contributed by atoms with Gasteiger partial charge in [-0.15, -0.1) is 0 Å². The molecule has 0 unspecified atom stereocenters. The number of carboxylic acid groups (broad SMARTS) is 1. The van der Waals surface area contributed by atoms with Crippen molar-refractivity contribution in [2.24, 2.45) is 0 Å². The average molecular weight is 357 g/mol. The molecule has 0 aliphatic carbocycles. The summed E-state index contributed by atoms with van der Waals surface area (Å²) in [6.07, 6.45) is 0.636. The van der Waals surface area contributed by atoms with Crippen molar-refractivity contribution in [2.45, 2.75) is 12.8 Å². The molecule has 1 N–H and O–H groups in total. The van der Waals surface area contributed by atoms with E-state index in [9.17, 15) is 9.59 Å². The second-order valence-electron chi connectivity index (χ2n) is 5.80. The number of methoxy groups -OCH3 is 2. The minimum Gasteiger partial charge on any atom is -0.497 e. The fourth-order valence-electron chi connectivity index (χ4n) is 2.66. The van der Waals surface area contributed by atoms with E-state index in [0.29, 0.717) is 30.0 Å². The van der Waals surface area contributed by atoms with Crippen LogP contribution in [0.25, 0.3) is 0 Å². The van der Waals surface area contributed by atoms with Crippen LogP contribution in [0.15, 0.2) is 48.5 Å². The van der Waals surface area contributed by atoms with Gasteiger partial charge in [0.1, 0.15) is 18.0 Å². The van der Waals surface area contributed by atoms with Crippen molar-refractivity contribution in [1.82, 2.24) is 4.90 Å². The molecule has 1 amide bonds. The normalized spacial score (nSPS) is 10.2. The maximum absolute atomic E-state index is 12.7. The third kappa shape index (κ3) is 5.51. The standard InChI is InChI=1S/C20H23NO5/c1-25-17-8-9-18(26-2)16(12-17)13-19(22)21(14-20(23)24)11-10-15-6-4-3-5-7-15/h3-9,12H,10-11,13-14H2,1-2H3,(H,23,24). The van der Waals surface area contributed by atoms with Crippen LogP contribution >= 0.6 is 0 Å². The van der Waals surface area contributed by atoms with Crippen LogP contribution in [0.2, 0.25) is 0 Å². The summed E-state index contributed by atoms with van der Waals surface area (Å²) in [6, 6.07) is 14.9. The topological polar surface area (TPSA) is 76.1 Å². The van der Waals surface area contributed by atoms with Gasteiger partial charge in [0.15, 0.2) is 0 Å². The van der Waals surface area contributed by atoms with Gasteiger partial charge in [-0.1, -0.05) is 30.3 Å². The van der Waals surface area contributed by atoms with Gasteiger partial charge in [0, 0.05) is 12.1 Å². The molecule has 2 aromatic carbocycles. The van der Waals surface area contributed by atoms with Crippen LogP contribution in [0.4, 0.5) is 0 Å². The molecule has 0 saturated carbocycles. The number of ether oxygens (including phenoxy) is 2. The van der Waals surface area contributed by atoms with E-state index in [2.05, 4.69) is 0 Å². The lowest BCUT2D eigenvalue weighted by molar-refractivity contribution is -0.144. The van der Waals surface area contributed by atoms with Crippen molar-refractivity contribution in [3.05, 3.63) is 59.7 Å². The number of carbonyl (C=O) groups excluding carboxylic acids is 1. The Morgan fingerprint density at radius 3 is 2.38 bits per heavy atom. The van der Waals surface area contributed by atoms with Gasteiger partial charge >= 0.3 is 5.97 Å². The maximum Gasteiger partial charge on any atom is 0.323 e. The number of aliphatic carboxylic acids is 1. The van der Waals surface area contributed by atoms with E-state index >= 15 is 0 Å². The Morgan fingerprint density at radius 2 is 1.77 bits per heavy atom. The van der Waals surface area contributed by atoms with E-state index in [0.717, 1.165) is 5.56 Å². The zero-order valence-corrected chi connectivity index (χ0v) is 15.0. The predicted octanol–water partition coefficient (Wildman–Crippen LogP) is 2.40. The highest BCUT2D eigenvalue weighted by Gasteiger charge is 2.19. The zero-order valence-electron chi connectivity index (χ0n) is 15.0. The van der Waals surface area contributed by atoms with Gasteiger partial charge in [-0.3, -0.25) is 9.59 Å². The maximum atomic E-state index is 12.7. The Hall–Kier alpha value is -3.02. The minimum atomic E-state index is -1.04. The van der Waals surface area contributed by atoms with Crippen molar-refractivity contribution in [2.75, 3.05) is 27.3 Å². The second kappa shape index (κ2) is 9.46. The molecule has 138 valence electrons. The monoisotopic (exact) mass is 357 g/mol. The summed E-state index contributed by atoms with van der Waals surface area (Å²) in [5, 5.41) is 9.14. The molecule has 0 radical (unpaired) electrons. The van der Waals surface area contributed by atoms with Gasteiger partial charge in [-0.2, -0.15) is 0 Å². The zero-order chi connectivity index (χ0) is 18.9. The molecular formula is C20H23NO5. The predicted molar refractivity (Wildman–Crippen MR) is 97.6 cm³/mol. The molecule has 2 rings (SSSR count). The Bertz CT molecular complexity index is 745. The molecule has 0 aromatic heterocycles. The summed E-state index contributed by atoms with van der Waals surface area (Å²) < 4.78 is 10.5. The van der Waals surface area contributed by atoms with Crippen molar-refractivity contribution in [1.29, 1.82) is 0 Å². The Morgan fingerprint density at radius 1 is 1.04 bits per heavy atom. The molecule has 0 aliphatic heterocycles. The molecule has 2 aromatic rings. The molecule has 6 nitrogen and oxygen atoms in total. The van der Waals surface area contributed by atoms with Gasteiger partial charge in [-0.25, -0.2) is 0 Å². The van der Waals surface area contributed by atoms with E-state index in [-0.39, 0.29) is 18.9 Å². The van der Waals surface area contributed by atoms with E-state index < -0.39 is 5.97 Å². The number of amides is 1. The number of nitrogens with zero attached hydrogens (tertiary/aromatic N) is 1. The molecule has 0 spiro atoms. The first kappa shape index (κ1) is 19.3. The summed E-state index contributed by atoms with van der Waals surface area (Å²) >= 11 is 0. The van der Waals surface area contributed by atoms with Gasteiger partial charge in [0.05, 0.1) is 20.6 Å². The third-order valence-electron chi connectivity index (χ3n) is 4.02. The number of benzene rings is 2. The molecule has 0 fully saturated rings. The Balaban J connectivity index is 2.12. The van der Waals surface area contributed by atoms with E-state index in [4.69, 9.17) is 14.6 Å². The van der Waals surface area contributed by atoms with Crippen LogP contribution in [0.1, 0.15) is 11.1 Å². The lowest BCUT2D eigenvalue weighted by Gasteiger charge is -2.21. The van der Waals surface area contributed by atoms with E-state index in [1.54, 1.807) is 25.3 Å². The number of hydrogen-bond donors (Lipinski definition) is 1. The summed E-state index contributed by atoms with van der Waals surface area (Å²) in [6.45, 7) is -0.000614. The first-order chi connectivity index (χ1) is 12.5. The lowest BCUT2D eigenvalue weighted by Crippen LogP contribution is -2.38. The van der Waals surface area contributed by atoms with Crippen LogP contribution in [0.3, 0.4) is 0 Å². The number of carbonyl (C=O) groups is 2. The van der Waals surface area contributed by atoms with Crippen LogP contribution in [0.5, 0.6) is 11.5 Å². The Kier molecular flexibility index (Phi) is 7.02. The quantitative estimate of drug-likeness (QED) is 0.746. The molecule has 0 heterocycles. The number of hydrogen-bond acceptors (Lipinski definition) is 4. The summed E-state index contributed by atoms with van der Waals surface area (Å²) in [4.78, 5) is 25.2. The highest BCUT2D eigenvalue weighted by molar-refractivity contribution is 5.83. The fourth-order valence-corrected chi connectivity index (χ4v) is 2.66. The average Bonchev–Trinajstić information content (AvgIpc) is 2.65. The number of rotatable bonds is 9. The summed E-state index contributed by atoms with van der Waals surface area (Å²) in [7, 11) is 3.07. The van der Waals surface area contributed by atoms with Gasteiger partial charge < -0.3 is 19.5 Å². The first-order valence-electron chi connectivity index (χ1n) is 8.28. The van der Waals surface area contributed by atoms with Crippen molar-refractivity contribution in [3.63, 3.8) is 0 Å². The van der Waals surface area contributed by atoms with Crippen LogP contribution in [-0.4, -0.2) is 49.2 Å². The molecule has 0 saturated heterocycles. The molecule has 26 heavy (non-hydrogen) atoms. The number of carboxylic acids is 1. The van der Waals surface area contributed by atoms with E-state index in [1.807, 2.05) is 30.3 Å². The van der Waals surface area contributed by atoms with Crippen molar-refractivity contribution >= 4 is 11.9 Å². The lowest BCUT2D eigenvalue weighted by atomic mass is 10.1. The summed E-state index contributed by atoms with van der Waals surface area (Å²) in [5.74, 6) is -0.126. The smallest absolute Gasteiger partial charge is 0.323 e. The van der Waals surface area contributed by atoms with Crippen molar-refractivity contribution in [3.8, 4) is 11.5 Å². The fraction of sp³-hybridized carbons (Fsp3) is 0.300. The highest BCUT2D eigenvalue weighted by atomic mass is 16.5. The molecule has 0 bridgehead atoms. The largest absolute Gasteiger partial charge is 0.497 e. The SMILES string of the molecule is COc1ccc(OC)c(CC(=O)N(CCc2ccccc2)CC(=O)O)c1. The molecule has 0 atom stereocenters. The van der Waals surface area contributed by atoms with Gasteiger partial charge in [0.2, 0.25) is 5.91 Å². The van der Waals surface area contributed by atoms with Crippen molar-refractivity contribution < 1.29 is 24.2 Å². The van der Waals surface area contributed by atoms with Crippen LogP contribution in [0, 0.1) is 0 Å². The molecule has 6 heteroatoms. The van der Waals surface area contributed by atoms with E-state index in [1.165, 1.54) is 12.0 Å². The minimum absolute atomic E-state index is 0.0441. The summed E-state index contributed by atoms with van der Waals surface area (Å²) in [5.41, 5.74) is 1.71. The first-order valence-corrected chi connectivity index (χ1v) is 8.28. The highest BCUT2D eigenvalue weighted by Crippen LogP contribution is 2.24. The van der Waals surface area contributed by atoms with Gasteiger partial charge in [-0.05, 0) is 30.2 Å². The molecule has 0 aliphatic rings. The van der Waals surface area contributed by atoms with Crippen LogP contribution in [-0.2, 0) is 22.4 Å². The second-order valence-corrected chi connectivity index (χ2v) is 5.80. The third-order valence-corrected chi connectivity index (χ3v) is 4.02. The molecular weight excluding hydrogens is 334 g/mol. The van der Waals surface area contributed by atoms with Crippen LogP contribution < -0.4 is 9.47 Å². The Labute approximate surface area is 153 Å².